The van der Waals surface area contributed by atoms with E-state index >= 15 is 0 Å². The normalized spacial score (nSPS) is 10.6. The van der Waals surface area contributed by atoms with Crippen LogP contribution in [0.3, 0.4) is 0 Å². The first-order chi connectivity index (χ1) is 12.5. The van der Waals surface area contributed by atoms with Gasteiger partial charge in [-0.1, -0.05) is 28.8 Å². The van der Waals surface area contributed by atoms with Gasteiger partial charge in [-0.2, -0.15) is 4.98 Å². The molecular weight excluding hydrogens is 350 g/mol. The second-order valence-corrected chi connectivity index (χ2v) is 6.34. The zero-order valence-corrected chi connectivity index (χ0v) is 15.4. The van der Waals surface area contributed by atoms with Crippen molar-refractivity contribution in [2.24, 2.45) is 0 Å². The molecule has 0 spiro atoms. The lowest BCUT2D eigenvalue weighted by molar-refractivity contribution is 1.03. The zero-order chi connectivity index (χ0) is 18.5. The van der Waals surface area contributed by atoms with Gasteiger partial charge in [0.05, 0.1) is 5.69 Å². The number of aryl methyl sites for hydroxylation is 2. The quantitative estimate of drug-likeness (QED) is 0.452. The number of nitrogens with zero attached hydrogens (tertiary/aromatic N) is 4. The van der Waals surface area contributed by atoms with Crippen LogP contribution in [0.2, 0.25) is 5.15 Å². The van der Waals surface area contributed by atoms with Gasteiger partial charge in [-0.05, 0) is 26.0 Å². The Morgan fingerprint density at radius 1 is 0.885 bits per heavy atom. The van der Waals surface area contributed by atoms with Crippen LogP contribution in [0.1, 0.15) is 11.1 Å². The van der Waals surface area contributed by atoms with Crippen LogP contribution in [0.5, 0.6) is 0 Å². The third kappa shape index (κ3) is 4.80. The van der Waals surface area contributed by atoms with E-state index in [0.29, 0.717) is 29.9 Å². The Balaban J connectivity index is 1.66. The minimum absolute atomic E-state index is 0.236. The van der Waals surface area contributed by atoms with E-state index in [9.17, 15) is 0 Å². The van der Waals surface area contributed by atoms with Crippen LogP contribution in [0.15, 0.2) is 36.7 Å². The number of hydrogen-bond acceptors (Lipinski definition) is 7. The molecule has 0 aliphatic rings. The van der Waals surface area contributed by atoms with E-state index in [4.69, 9.17) is 17.3 Å². The third-order valence-electron chi connectivity index (χ3n) is 3.63. The molecule has 0 bridgehead atoms. The Kier molecular flexibility index (Phi) is 5.48. The van der Waals surface area contributed by atoms with E-state index in [1.807, 2.05) is 6.07 Å². The molecule has 0 saturated heterocycles. The molecule has 0 amide bonds. The van der Waals surface area contributed by atoms with Crippen molar-refractivity contribution in [1.29, 1.82) is 0 Å². The van der Waals surface area contributed by atoms with Crippen molar-refractivity contribution >= 4 is 29.2 Å². The molecule has 8 heteroatoms. The SMILES string of the molecule is Cc1cc(C)cc(-c2cc(NCCNc3cc(Cl)ncn3)nc(N)n2)c1. The van der Waals surface area contributed by atoms with E-state index in [1.54, 1.807) is 6.07 Å². The van der Waals surface area contributed by atoms with Gasteiger partial charge in [0.1, 0.15) is 23.1 Å². The number of halogens is 1. The maximum Gasteiger partial charge on any atom is 0.222 e. The summed E-state index contributed by atoms with van der Waals surface area (Å²) in [5, 5.41) is 6.80. The van der Waals surface area contributed by atoms with E-state index in [2.05, 4.69) is 62.6 Å². The summed E-state index contributed by atoms with van der Waals surface area (Å²) in [7, 11) is 0. The van der Waals surface area contributed by atoms with E-state index in [0.717, 1.165) is 11.3 Å². The van der Waals surface area contributed by atoms with Crippen molar-refractivity contribution in [2.75, 3.05) is 29.5 Å². The van der Waals surface area contributed by atoms with Gasteiger partial charge in [-0.15, -0.1) is 0 Å². The molecule has 0 fully saturated rings. The molecule has 2 aromatic heterocycles. The number of nitrogen functional groups attached to an aromatic ring is 1. The highest BCUT2D eigenvalue weighted by Crippen LogP contribution is 2.23. The lowest BCUT2D eigenvalue weighted by Gasteiger charge is -2.10. The second kappa shape index (κ2) is 7.97. The fourth-order valence-corrected chi connectivity index (χ4v) is 2.79. The molecule has 0 atom stereocenters. The summed E-state index contributed by atoms with van der Waals surface area (Å²) in [6.07, 6.45) is 1.42. The topological polar surface area (TPSA) is 102 Å². The molecular formula is C18H20ClN7. The Hall–Kier alpha value is -2.93. The van der Waals surface area contributed by atoms with Crippen molar-refractivity contribution in [3.05, 3.63) is 52.9 Å². The monoisotopic (exact) mass is 369 g/mol. The minimum Gasteiger partial charge on any atom is -0.368 e. The summed E-state index contributed by atoms with van der Waals surface area (Å²) in [5.41, 5.74) is 10.1. The molecule has 4 N–H and O–H groups in total. The summed E-state index contributed by atoms with van der Waals surface area (Å²) < 4.78 is 0. The fourth-order valence-electron chi connectivity index (χ4n) is 2.64. The number of hydrogen-bond donors (Lipinski definition) is 3. The number of aromatic nitrogens is 4. The van der Waals surface area contributed by atoms with Crippen LogP contribution in [0.25, 0.3) is 11.3 Å². The molecule has 0 aliphatic carbocycles. The second-order valence-electron chi connectivity index (χ2n) is 5.95. The maximum atomic E-state index is 5.88. The van der Waals surface area contributed by atoms with Crippen molar-refractivity contribution < 1.29 is 0 Å². The number of nitrogens with one attached hydrogen (secondary N) is 2. The van der Waals surface area contributed by atoms with Gasteiger partial charge in [-0.25, -0.2) is 15.0 Å². The highest BCUT2D eigenvalue weighted by Gasteiger charge is 2.06. The maximum absolute atomic E-state index is 5.88. The first-order valence-electron chi connectivity index (χ1n) is 8.18. The van der Waals surface area contributed by atoms with Crippen molar-refractivity contribution in [3.8, 4) is 11.3 Å². The van der Waals surface area contributed by atoms with Crippen molar-refractivity contribution in [1.82, 2.24) is 19.9 Å². The molecule has 3 rings (SSSR count). The molecule has 3 aromatic rings. The molecule has 7 nitrogen and oxygen atoms in total. The van der Waals surface area contributed by atoms with Gasteiger partial charge in [-0.3, -0.25) is 0 Å². The highest BCUT2D eigenvalue weighted by atomic mass is 35.5. The first kappa shape index (κ1) is 17.9. The first-order valence-corrected chi connectivity index (χ1v) is 8.56. The largest absolute Gasteiger partial charge is 0.368 e. The number of nitrogens with two attached hydrogens (primary N) is 1. The average molecular weight is 370 g/mol. The molecule has 0 unspecified atom stereocenters. The lowest BCUT2D eigenvalue weighted by Crippen LogP contribution is -2.15. The van der Waals surface area contributed by atoms with Gasteiger partial charge in [0.25, 0.3) is 0 Å². The van der Waals surface area contributed by atoms with Crippen LogP contribution in [0, 0.1) is 13.8 Å². The van der Waals surface area contributed by atoms with Crippen LogP contribution in [0.4, 0.5) is 17.6 Å². The summed E-state index contributed by atoms with van der Waals surface area (Å²) in [4.78, 5) is 16.5. The van der Waals surface area contributed by atoms with Gasteiger partial charge in [0.15, 0.2) is 0 Å². The Labute approximate surface area is 157 Å². The van der Waals surface area contributed by atoms with Crippen LogP contribution in [-0.4, -0.2) is 33.0 Å². The molecule has 134 valence electrons. The predicted molar refractivity (Wildman–Crippen MR) is 105 cm³/mol. The van der Waals surface area contributed by atoms with E-state index in [-0.39, 0.29) is 5.95 Å². The predicted octanol–water partition coefficient (Wildman–Crippen LogP) is 3.31. The van der Waals surface area contributed by atoms with Gasteiger partial charge in [0, 0.05) is 30.8 Å². The summed E-state index contributed by atoms with van der Waals surface area (Å²) in [6, 6.07) is 9.85. The van der Waals surface area contributed by atoms with Gasteiger partial charge >= 0.3 is 0 Å². The van der Waals surface area contributed by atoms with Crippen LogP contribution >= 0.6 is 11.6 Å². The van der Waals surface area contributed by atoms with Crippen LogP contribution in [-0.2, 0) is 0 Å². The molecule has 26 heavy (non-hydrogen) atoms. The number of anilines is 3. The van der Waals surface area contributed by atoms with Crippen LogP contribution < -0.4 is 16.4 Å². The number of rotatable bonds is 6. The Bertz CT molecular complexity index is 894. The molecule has 0 radical (unpaired) electrons. The summed E-state index contributed by atoms with van der Waals surface area (Å²) in [6.45, 7) is 5.39. The van der Waals surface area contributed by atoms with Gasteiger partial charge in [0.2, 0.25) is 5.95 Å². The summed E-state index contributed by atoms with van der Waals surface area (Å²) >= 11 is 5.83. The fraction of sp³-hybridized carbons (Fsp3) is 0.222. The smallest absolute Gasteiger partial charge is 0.222 e. The Morgan fingerprint density at radius 2 is 1.58 bits per heavy atom. The molecule has 0 saturated carbocycles. The van der Waals surface area contributed by atoms with Crippen molar-refractivity contribution in [2.45, 2.75) is 13.8 Å². The minimum atomic E-state index is 0.236. The highest BCUT2D eigenvalue weighted by molar-refractivity contribution is 6.29. The molecule has 1 aromatic carbocycles. The number of benzene rings is 1. The average Bonchev–Trinajstić information content (AvgIpc) is 2.57. The van der Waals surface area contributed by atoms with E-state index in [1.165, 1.54) is 17.5 Å². The molecule has 2 heterocycles. The standard InChI is InChI=1S/C18H20ClN7/c1-11-5-12(2)7-13(6-11)14-8-17(26-18(20)25-14)22-4-3-21-16-9-15(19)23-10-24-16/h5-10H,3-4H2,1-2H3,(H,21,23,24)(H3,20,22,25,26). The zero-order valence-electron chi connectivity index (χ0n) is 14.6. The lowest BCUT2D eigenvalue weighted by atomic mass is 10.0. The Morgan fingerprint density at radius 3 is 2.27 bits per heavy atom. The van der Waals surface area contributed by atoms with Gasteiger partial charge < -0.3 is 16.4 Å². The molecule has 0 aliphatic heterocycles. The third-order valence-corrected chi connectivity index (χ3v) is 3.84. The van der Waals surface area contributed by atoms with E-state index < -0.39 is 0 Å². The summed E-state index contributed by atoms with van der Waals surface area (Å²) in [5.74, 6) is 1.58. The van der Waals surface area contributed by atoms with Crippen molar-refractivity contribution in [3.63, 3.8) is 0 Å².